The summed E-state index contributed by atoms with van der Waals surface area (Å²) in [5.74, 6) is 0.330. The van der Waals surface area contributed by atoms with E-state index < -0.39 is 0 Å². The third-order valence-electron chi connectivity index (χ3n) is 4.92. The van der Waals surface area contributed by atoms with Crippen LogP contribution in [0.1, 0.15) is 48.5 Å². The fraction of sp³-hybridized carbons (Fsp3) is 0.556. The number of hydrogen-bond acceptors (Lipinski definition) is 3. The Balaban J connectivity index is 1.61. The molecule has 23 heavy (non-hydrogen) atoms. The van der Waals surface area contributed by atoms with Crippen molar-refractivity contribution >= 4 is 17.5 Å². The summed E-state index contributed by atoms with van der Waals surface area (Å²) in [5, 5.41) is 12.7. The average molecular weight is 316 g/mol. The molecule has 3 rings (SSSR count). The first-order valence-corrected chi connectivity index (χ1v) is 8.42. The van der Waals surface area contributed by atoms with Gasteiger partial charge in [0.15, 0.2) is 0 Å². The Morgan fingerprint density at radius 3 is 2.91 bits per heavy atom. The number of aliphatic hydroxyl groups is 1. The molecule has 2 atom stereocenters. The third-order valence-corrected chi connectivity index (χ3v) is 4.92. The zero-order valence-corrected chi connectivity index (χ0v) is 13.5. The van der Waals surface area contributed by atoms with Gasteiger partial charge >= 0.3 is 0 Å². The van der Waals surface area contributed by atoms with Gasteiger partial charge in [-0.3, -0.25) is 9.59 Å². The lowest BCUT2D eigenvalue weighted by molar-refractivity contribution is -0.116. The zero-order valence-electron chi connectivity index (χ0n) is 13.5. The third kappa shape index (κ3) is 3.55. The van der Waals surface area contributed by atoms with Gasteiger partial charge in [0.05, 0.1) is 6.10 Å². The summed E-state index contributed by atoms with van der Waals surface area (Å²) < 4.78 is 0. The highest BCUT2D eigenvalue weighted by Gasteiger charge is 2.24. The number of carbonyl (C=O) groups excluding carboxylic acids is 2. The summed E-state index contributed by atoms with van der Waals surface area (Å²) in [4.78, 5) is 25.6. The highest BCUT2D eigenvalue weighted by molar-refractivity contribution is 5.97. The normalized spacial score (nSPS) is 23.5. The second-order valence-electron chi connectivity index (χ2n) is 6.66. The van der Waals surface area contributed by atoms with E-state index in [-0.39, 0.29) is 17.9 Å². The minimum atomic E-state index is -0.219. The van der Waals surface area contributed by atoms with Crippen LogP contribution in [-0.4, -0.2) is 36.1 Å². The zero-order chi connectivity index (χ0) is 16.4. The summed E-state index contributed by atoms with van der Waals surface area (Å²) in [5.41, 5.74) is 2.62. The summed E-state index contributed by atoms with van der Waals surface area (Å²) in [6.45, 7) is 2.87. The molecule has 0 radical (unpaired) electrons. The molecule has 2 unspecified atom stereocenters. The van der Waals surface area contributed by atoms with Crippen LogP contribution in [0.2, 0.25) is 0 Å². The largest absolute Gasteiger partial charge is 0.393 e. The van der Waals surface area contributed by atoms with Crippen LogP contribution < -0.4 is 10.2 Å². The number of aliphatic hydroxyl groups excluding tert-OH is 1. The van der Waals surface area contributed by atoms with Gasteiger partial charge in [0.1, 0.15) is 0 Å². The van der Waals surface area contributed by atoms with Crippen molar-refractivity contribution in [1.82, 2.24) is 5.32 Å². The number of fused-ring (bicyclic) bond motifs is 1. The van der Waals surface area contributed by atoms with Gasteiger partial charge in [0.25, 0.3) is 5.91 Å². The smallest absolute Gasteiger partial charge is 0.251 e. The molecule has 0 spiro atoms. The predicted octanol–water partition coefficient (Wildman–Crippen LogP) is 1.88. The fourth-order valence-electron chi connectivity index (χ4n) is 3.66. The molecule has 0 bridgehead atoms. The summed E-state index contributed by atoms with van der Waals surface area (Å²) in [6, 6.07) is 5.54. The highest BCUT2D eigenvalue weighted by atomic mass is 16.3. The van der Waals surface area contributed by atoms with E-state index in [9.17, 15) is 14.7 Å². The molecular formula is C18H24N2O3. The highest BCUT2D eigenvalue weighted by Crippen LogP contribution is 2.29. The van der Waals surface area contributed by atoms with Crippen molar-refractivity contribution in [1.29, 1.82) is 0 Å². The Bertz CT molecular complexity index is 614. The number of carbonyl (C=O) groups is 2. The monoisotopic (exact) mass is 316 g/mol. The van der Waals surface area contributed by atoms with E-state index in [0.29, 0.717) is 24.6 Å². The van der Waals surface area contributed by atoms with Gasteiger partial charge in [0.2, 0.25) is 5.91 Å². The van der Waals surface area contributed by atoms with Crippen LogP contribution in [0.15, 0.2) is 18.2 Å². The van der Waals surface area contributed by atoms with Crippen molar-refractivity contribution in [2.75, 3.05) is 18.0 Å². The first-order chi connectivity index (χ1) is 11.0. The lowest BCUT2D eigenvalue weighted by Crippen LogP contribution is -2.33. The van der Waals surface area contributed by atoms with Crippen LogP contribution in [0.3, 0.4) is 0 Å². The standard InChI is InChI=1S/C18H24N2O3/c1-12(21)20-8-7-14-10-15(5-6-17(14)20)18(23)19-11-13-3-2-4-16(22)9-13/h5-6,10,13,16,22H,2-4,7-9,11H2,1H3,(H,19,23). The first-order valence-electron chi connectivity index (χ1n) is 8.42. The molecule has 5 heteroatoms. The Kier molecular flexibility index (Phi) is 4.66. The number of nitrogens with zero attached hydrogens (tertiary/aromatic N) is 1. The van der Waals surface area contributed by atoms with E-state index in [1.54, 1.807) is 17.9 Å². The minimum Gasteiger partial charge on any atom is -0.393 e. The van der Waals surface area contributed by atoms with Gasteiger partial charge in [0, 0.05) is 31.3 Å². The van der Waals surface area contributed by atoms with Crippen molar-refractivity contribution in [3.8, 4) is 0 Å². The van der Waals surface area contributed by atoms with Crippen molar-refractivity contribution < 1.29 is 14.7 Å². The molecule has 2 N–H and O–H groups in total. The van der Waals surface area contributed by atoms with Crippen molar-refractivity contribution in [2.45, 2.75) is 45.1 Å². The van der Waals surface area contributed by atoms with E-state index in [0.717, 1.165) is 43.4 Å². The molecule has 1 aromatic rings. The van der Waals surface area contributed by atoms with E-state index in [2.05, 4.69) is 5.32 Å². The fourth-order valence-corrected chi connectivity index (χ4v) is 3.66. The maximum absolute atomic E-state index is 12.3. The molecular weight excluding hydrogens is 292 g/mol. The van der Waals surface area contributed by atoms with E-state index >= 15 is 0 Å². The maximum atomic E-state index is 12.3. The maximum Gasteiger partial charge on any atom is 0.251 e. The number of rotatable bonds is 3. The molecule has 2 aliphatic rings. The van der Waals surface area contributed by atoms with E-state index in [4.69, 9.17) is 0 Å². The molecule has 0 saturated heterocycles. The summed E-state index contributed by atoms with van der Waals surface area (Å²) >= 11 is 0. The quantitative estimate of drug-likeness (QED) is 0.894. The van der Waals surface area contributed by atoms with Crippen molar-refractivity contribution in [3.05, 3.63) is 29.3 Å². The molecule has 124 valence electrons. The van der Waals surface area contributed by atoms with Crippen LogP contribution >= 0.6 is 0 Å². The SMILES string of the molecule is CC(=O)N1CCc2cc(C(=O)NCC3CCCC(O)C3)ccc21. The molecule has 1 aliphatic heterocycles. The molecule has 5 nitrogen and oxygen atoms in total. The van der Waals surface area contributed by atoms with Crippen LogP contribution in [0.5, 0.6) is 0 Å². The molecule has 1 aliphatic carbocycles. The average Bonchev–Trinajstić information content (AvgIpc) is 2.96. The minimum absolute atomic E-state index is 0.0387. The van der Waals surface area contributed by atoms with Gasteiger partial charge in [-0.05, 0) is 55.4 Å². The second kappa shape index (κ2) is 6.71. The molecule has 1 saturated carbocycles. The van der Waals surface area contributed by atoms with Crippen LogP contribution in [-0.2, 0) is 11.2 Å². The molecule has 1 aromatic carbocycles. The van der Waals surface area contributed by atoms with Crippen LogP contribution in [0.25, 0.3) is 0 Å². The Morgan fingerprint density at radius 1 is 1.35 bits per heavy atom. The summed E-state index contributed by atoms with van der Waals surface area (Å²) in [6.07, 6.45) is 4.32. The molecule has 1 fully saturated rings. The summed E-state index contributed by atoms with van der Waals surface area (Å²) in [7, 11) is 0. The Hall–Kier alpha value is -1.88. The number of nitrogens with one attached hydrogen (secondary N) is 1. The number of hydrogen-bond donors (Lipinski definition) is 2. The number of amides is 2. The lowest BCUT2D eigenvalue weighted by Gasteiger charge is -2.25. The molecule has 1 heterocycles. The number of anilines is 1. The van der Waals surface area contributed by atoms with Crippen molar-refractivity contribution in [3.63, 3.8) is 0 Å². The first kappa shape index (κ1) is 16.0. The van der Waals surface area contributed by atoms with Gasteiger partial charge < -0.3 is 15.3 Å². The van der Waals surface area contributed by atoms with Gasteiger partial charge in [-0.25, -0.2) is 0 Å². The number of benzene rings is 1. The van der Waals surface area contributed by atoms with E-state index in [1.807, 2.05) is 12.1 Å². The Labute approximate surface area is 136 Å². The molecule has 0 aromatic heterocycles. The van der Waals surface area contributed by atoms with Crippen LogP contribution in [0, 0.1) is 5.92 Å². The lowest BCUT2D eigenvalue weighted by atomic mass is 9.87. The predicted molar refractivity (Wildman–Crippen MR) is 88.5 cm³/mol. The topological polar surface area (TPSA) is 69.6 Å². The van der Waals surface area contributed by atoms with Gasteiger partial charge in [-0.2, -0.15) is 0 Å². The van der Waals surface area contributed by atoms with Crippen LogP contribution in [0.4, 0.5) is 5.69 Å². The second-order valence-corrected chi connectivity index (χ2v) is 6.66. The molecule has 2 amide bonds. The van der Waals surface area contributed by atoms with Gasteiger partial charge in [-0.15, -0.1) is 0 Å². The van der Waals surface area contributed by atoms with Crippen molar-refractivity contribution in [2.24, 2.45) is 5.92 Å². The Morgan fingerprint density at radius 2 is 2.17 bits per heavy atom. The van der Waals surface area contributed by atoms with E-state index in [1.165, 1.54) is 0 Å². The van der Waals surface area contributed by atoms with Gasteiger partial charge in [-0.1, -0.05) is 6.42 Å².